The van der Waals surface area contributed by atoms with E-state index in [2.05, 4.69) is 20.7 Å². The second-order valence-corrected chi connectivity index (χ2v) is 7.77. The van der Waals surface area contributed by atoms with Crippen molar-refractivity contribution in [1.29, 1.82) is 0 Å². The van der Waals surface area contributed by atoms with Gasteiger partial charge in [0.1, 0.15) is 23.9 Å². The number of hydrogen-bond acceptors (Lipinski definition) is 9. The highest BCUT2D eigenvalue weighted by Crippen LogP contribution is 2.31. The van der Waals surface area contributed by atoms with Gasteiger partial charge in [-0.1, -0.05) is 18.2 Å². The fourth-order valence-electron chi connectivity index (χ4n) is 3.53. The number of carbonyl (C=O) groups excluding carboxylic acids is 1. The maximum atomic E-state index is 12.0. The molecule has 9 nitrogen and oxygen atoms in total. The molecule has 178 valence electrons. The van der Waals surface area contributed by atoms with Crippen LogP contribution in [0.25, 0.3) is 0 Å². The third-order valence-corrected chi connectivity index (χ3v) is 5.35. The molecule has 0 atom stereocenters. The highest BCUT2D eigenvalue weighted by molar-refractivity contribution is 5.96. The van der Waals surface area contributed by atoms with Gasteiger partial charge in [0.05, 0.1) is 30.2 Å². The molecule has 0 radical (unpaired) electrons. The number of rotatable bonds is 10. The lowest BCUT2D eigenvalue weighted by Crippen LogP contribution is -2.38. The maximum absolute atomic E-state index is 12.0. The Kier molecular flexibility index (Phi) is 7.92. The lowest BCUT2D eigenvalue weighted by atomic mass is 10.2. The van der Waals surface area contributed by atoms with Crippen molar-refractivity contribution in [3.63, 3.8) is 0 Å². The van der Waals surface area contributed by atoms with Crippen LogP contribution in [0, 0.1) is 0 Å². The van der Waals surface area contributed by atoms with Gasteiger partial charge < -0.3 is 19.5 Å². The lowest BCUT2D eigenvalue weighted by molar-refractivity contribution is 0.0322. The van der Waals surface area contributed by atoms with Gasteiger partial charge in [-0.15, -0.1) is 0 Å². The summed E-state index contributed by atoms with van der Waals surface area (Å²) in [5.41, 5.74) is 3.57. The zero-order valence-electron chi connectivity index (χ0n) is 19.0. The average Bonchev–Trinajstić information content (AvgIpc) is 2.86. The topological polar surface area (TPSA) is 105 Å². The highest BCUT2D eigenvalue weighted by atomic mass is 16.5. The first-order valence-corrected chi connectivity index (χ1v) is 11.1. The molecule has 3 aromatic rings. The van der Waals surface area contributed by atoms with Gasteiger partial charge in [-0.25, -0.2) is 0 Å². The summed E-state index contributed by atoms with van der Waals surface area (Å²) in [6.07, 6.45) is 0. The molecule has 2 aromatic carbocycles. The zero-order valence-corrected chi connectivity index (χ0v) is 19.0. The summed E-state index contributed by atoms with van der Waals surface area (Å²) in [5.74, 6) is 1.70. The number of morpholine rings is 1. The summed E-state index contributed by atoms with van der Waals surface area (Å²) in [7, 11) is 0. The molecule has 0 unspecified atom stereocenters. The first kappa shape index (κ1) is 23.5. The Morgan fingerprint density at radius 3 is 2.59 bits per heavy atom. The predicted octanol–water partition coefficient (Wildman–Crippen LogP) is 4.33. The van der Waals surface area contributed by atoms with Crippen molar-refractivity contribution in [2.24, 2.45) is 0 Å². The maximum Gasteiger partial charge on any atom is 0.232 e. The van der Waals surface area contributed by atoms with Crippen LogP contribution in [0.1, 0.15) is 17.3 Å². The SMILES string of the molecule is CC(=O)c1ccc(Nc2ccc(OCCN3CCOCC3)cc2NO)nc1Oc1ccccc1. The van der Waals surface area contributed by atoms with E-state index >= 15 is 0 Å². The lowest BCUT2D eigenvalue weighted by Gasteiger charge is -2.26. The molecule has 1 fully saturated rings. The zero-order chi connectivity index (χ0) is 23.8. The third kappa shape index (κ3) is 6.22. The summed E-state index contributed by atoms with van der Waals surface area (Å²) in [6.45, 7) is 6.11. The van der Waals surface area contributed by atoms with E-state index in [0.29, 0.717) is 40.9 Å². The van der Waals surface area contributed by atoms with Gasteiger partial charge in [0.25, 0.3) is 0 Å². The molecule has 0 spiro atoms. The van der Waals surface area contributed by atoms with Crippen LogP contribution < -0.4 is 20.3 Å². The first-order valence-electron chi connectivity index (χ1n) is 11.1. The predicted molar refractivity (Wildman–Crippen MR) is 129 cm³/mol. The first-order chi connectivity index (χ1) is 16.6. The molecular weight excluding hydrogens is 436 g/mol. The fraction of sp³-hybridized carbons (Fsp3) is 0.280. The van der Waals surface area contributed by atoms with Crippen molar-refractivity contribution in [3.05, 3.63) is 66.2 Å². The molecule has 34 heavy (non-hydrogen) atoms. The Morgan fingerprint density at radius 2 is 1.85 bits per heavy atom. The van der Waals surface area contributed by atoms with Crippen LogP contribution in [0.4, 0.5) is 17.2 Å². The van der Waals surface area contributed by atoms with Crippen molar-refractivity contribution in [1.82, 2.24) is 9.88 Å². The normalized spacial score (nSPS) is 13.8. The van der Waals surface area contributed by atoms with Gasteiger partial charge in [0.15, 0.2) is 5.78 Å². The summed E-state index contributed by atoms with van der Waals surface area (Å²) >= 11 is 0. The number of aromatic nitrogens is 1. The van der Waals surface area contributed by atoms with Crippen LogP contribution in [0.15, 0.2) is 60.7 Å². The minimum Gasteiger partial charge on any atom is -0.492 e. The highest BCUT2D eigenvalue weighted by Gasteiger charge is 2.14. The minimum absolute atomic E-state index is 0.152. The van der Waals surface area contributed by atoms with Gasteiger partial charge >= 0.3 is 0 Å². The standard InChI is InChI=1S/C25H28N4O5/c1-18(30)21-8-10-24(27-25(21)34-19-5-3-2-4-6-19)26-22-9-7-20(17-23(22)28-31)33-16-13-29-11-14-32-15-12-29/h2-10,17,28,31H,11-16H2,1H3,(H,26,27). The number of pyridine rings is 1. The van der Waals surface area contributed by atoms with E-state index in [0.717, 1.165) is 32.8 Å². The number of ether oxygens (including phenoxy) is 3. The third-order valence-electron chi connectivity index (χ3n) is 5.35. The molecule has 1 saturated heterocycles. The molecule has 4 rings (SSSR count). The molecular formula is C25H28N4O5. The number of carbonyl (C=O) groups is 1. The molecule has 0 amide bonds. The summed E-state index contributed by atoms with van der Waals surface area (Å²) in [6, 6.07) is 17.8. The minimum atomic E-state index is -0.152. The van der Waals surface area contributed by atoms with Crippen molar-refractivity contribution in [2.45, 2.75) is 6.92 Å². The van der Waals surface area contributed by atoms with Crippen molar-refractivity contribution >= 4 is 23.0 Å². The van der Waals surface area contributed by atoms with E-state index in [1.807, 2.05) is 24.3 Å². The molecule has 1 aromatic heterocycles. The molecule has 0 saturated carbocycles. The number of nitrogens with one attached hydrogen (secondary N) is 2. The van der Waals surface area contributed by atoms with Gasteiger partial charge in [0, 0.05) is 25.7 Å². The van der Waals surface area contributed by atoms with E-state index in [1.54, 1.807) is 36.4 Å². The van der Waals surface area contributed by atoms with Crippen LogP contribution in [0.2, 0.25) is 0 Å². The van der Waals surface area contributed by atoms with Gasteiger partial charge in [-0.05, 0) is 43.3 Å². The summed E-state index contributed by atoms with van der Waals surface area (Å²) in [4.78, 5) is 18.8. The molecule has 1 aliphatic heterocycles. The van der Waals surface area contributed by atoms with E-state index in [-0.39, 0.29) is 11.7 Å². The largest absolute Gasteiger partial charge is 0.492 e. The fourth-order valence-corrected chi connectivity index (χ4v) is 3.53. The average molecular weight is 465 g/mol. The Balaban J connectivity index is 1.45. The summed E-state index contributed by atoms with van der Waals surface area (Å²) in [5, 5.41) is 12.8. The summed E-state index contributed by atoms with van der Waals surface area (Å²) < 4.78 is 17.1. The Hall–Kier alpha value is -3.66. The Labute approximate surface area is 198 Å². The molecule has 9 heteroatoms. The van der Waals surface area contributed by atoms with E-state index < -0.39 is 0 Å². The molecule has 0 bridgehead atoms. The van der Waals surface area contributed by atoms with Crippen LogP contribution in [-0.2, 0) is 4.74 Å². The number of ketones is 1. The van der Waals surface area contributed by atoms with Gasteiger partial charge in [-0.3, -0.25) is 20.4 Å². The van der Waals surface area contributed by atoms with Crippen LogP contribution in [0.3, 0.4) is 0 Å². The van der Waals surface area contributed by atoms with Crippen LogP contribution in [-0.4, -0.2) is 60.3 Å². The number of nitrogens with zero attached hydrogens (tertiary/aromatic N) is 2. The smallest absolute Gasteiger partial charge is 0.232 e. The number of para-hydroxylation sites is 1. The molecule has 2 heterocycles. The number of hydrogen-bond donors (Lipinski definition) is 3. The van der Waals surface area contributed by atoms with Crippen LogP contribution in [0.5, 0.6) is 17.4 Å². The number of Topliss-reactive ketones (excluding diaryl/α,β-unsaturated/α-hetero) is 1. The molecule has 3 N–H and O–H groups in total. The molecule has 0 aliphatic carbocycles. The van der Waals surface area contributed by atoms with E-state index in [4.69, 9.17) is 14.2 Å². The van der Waals surface area contributed by atoms with Crippen molar-refractivity contribution in [3.8, 4) is 17.4 Å². The molecule has 1 aliphatic rings. The second-order valence-electron chi connectivity index (χ2n) is 7.77. The van der Waals surface area contributed by atoms with Crippen LogP contribution >= 0.6 is 0 Å². The van der Waals surface area contributed by atoms with E-state index in [9.17, 15) is 10.0 Å². The second kappa shape index (κ2) is 11.5. The Bertz CT molecular complexity index is 1100. The van der Waals surface area contributed by atoms with E-state index in [1.165, 1.54) is 6.92 Å². The van der Waals surface area contributed by atoms with Crippen molar-refractivity contribution in [2.75, 3.05) is 50.3 Å². The monoisotopic (exact) mass is 464 g/mol. The Morgan fingerprint density at radius 1 is 1.06 bits per heavy atom. The number of anilines is 3. The number of benzene rings is 2. The van der Waals surface area contributed by atoms with Gasteiger partial charge in [-0.2, -0.15) is 4.98 Å². The van der Waals surface area contributed by atoms with Gasteiger partial charge in [0.2, 0.25) is 5.88 Å². The quantitative estimate of drug-likeness (QED) is 0.299. The van der Waals surface area contributed by atoms with Crippen molar-refractivity contribution < 1.29 is 24.2 Å².